The van der Waals surface area contributed by atoms with Gasteiger partial charge in [0.1, 0.15) is 23.8 Å². The number of hydrogen-bond acceptors (Lipinski definition) is 5. The lowest BCUT2D eigenvalue weighted by atomic mass is 9.95. The van der Waals surface area contributed by atoms with Crippen LogP contribution in [0.1, 0.15) is 35.4 Å². The highest BCUT2D eigenvalue weighted by Crippen LogP contribution is 2.35. The largest absolute Gasteiger partial charge is 0.417 e. The van der Waals surface area contributed by atoms with Gasteiger partial charge in [0.05, 0.1) is 16.6 Å². The third kappa shape index (κ3) is 4.03. The van der Waals surface area contributed by atoms with Crippen LogP contribution in [0, 0.1) is 11.3 Å². The van der Waals surface area contributed by atoms with Gasteiger partial charge in [-0.15, -0.1) is 0 Å². The van der Waals surface area contributed by atoms with Crippen LogP contribution in [-0.2, 0) is 12.6 Å². The second-order valence-electron chi connectivity index (χ2n) is 7.61. The molecule has 0 unspecified atom stereocenters. The van der Waals surface area contributed by atoms with Crippen molar-refractivity contribution in [2.45, 2.75) is 25.4 Å². The first-order valence-corrected chi connectivity index (χ1v) is 10.0. The Morgan fingerprint density at radius 2 is 1.85 bits per heavy atom. The van der Waals surface area contributed by atoms with E-state index in [1.807, 2.05) is 13.0 Å². The minimum absolute atomic E-state index is 0.0449. The SMILES string of the molecule is C[C@H](Cc1ncnc(N)c1C#N)c1cc2cccc(C(F)(F)F)c2c(=O)n1-c1ccccc1. The van der Waals surface area contributed by atoms with Crippen molar-refractivity contribution < 1.29 is 13.2 Å². The molecule has 1 atom stereocenters. The number of pyridine rings is 1. The topological polar surface area (TPSA) is 97.6 Å². The average molecular weight is 449 g/mol. The number of nitrogens with two attached hydrogens (primary N) is 1. The molecule has 33 heavy (non-hydrogen) atoms. The Bertz CT molecular complexity index is 1440. The van der Waals surface area contributed by atoms with E-state index in [2.05, 4.69) is 9.97 Å². The van der Waals surface area contributed by atoms with Gasteiger partial charge in [0.25, 0.3) is 5.56 Å². The van der Waals surface area contributed by atoms with Gasteiger partial charge in [-0.2, -0.15) is 18.4 Å². The van der Waals surface area contributed by atoms with Gasteiger partial charge in [-0.3, -0.25) is 9.36 Å². The van der Waals surface area contributed by atoms with Gasteiger partial charge in [-0.1, -0.05) is 37.3 Å². The Morgan fingerprint density at radius 3 is 2.52 bits per heavy atom. The predicted octanol–water partition coefficient (Wildman–Crippen LogP) is 4.60. The lowest BCUT2D eigenvalue weighted by molar-refractivity contribution is -0.136. The molecule has 0 aliphatic heterocycles. The Labute approximate surface area is 186 Å². The molecule has 9 heteroatoms. The van der Waals surface area contributed by atoms with Gasteiger partial charge in [0.2, 0.25) is 0 Å². The molecule has 166 valence electrons. The number of nitrogen functional groups attached to an aromatic ring is 1. The highest BCUT2D eigenvalue weighted by Gasteiger charge is 2.34. The van der Waals surface area contributed by atoms with Crippen LogP contribution in [0.5, 0.6) is 0 Å². The molecule has 0 fully saturated rings. The lowest BCUT2D eigenvalue weighted by Crippen LogP contribution is -2.26. The number of anilines is 1. The number of nitrogens with zero attached hydrogens (tertiary/aromatic N) is 4. The normalized spacial score (nSPS) is 12.5. The van der Waals surface area contributed by atoms with Gasteiger partial charge < -0.3 is 5.73 Å². The van der Waals surface area contributed by atoms with Crippen LogP contribution in [0.15, 0.2) is 65.7 Å². The molecule has 0 amide bonds. The number of rotatable bonds is 4. The Hall–Kier alpha value is -4.19. The second kappa shape index (κ2) is 8.39. The standard InChI is InChI=1S/C24H18F3N5O/c1-14(10-19-17(12-28)22(29)31-13-30-19)20-11-15-6-5-9-18(24(25,26)27)21(15)23(33)32(20)16-7-3-2-4-8-16/h2-9,11,13-14H,10H2,1H3,(H2,29,30,31)/t14-/m1/s1. The monoisotopic (exact) mass is 449 g/mol. The molecule has 4 aromatic rings. The number of alkyl halides is 3. The third-order valence-corrected chi connectivity index (χ3v) is 5.47. The van der Waals surface area contributed by atoms with Crippen molar-refractivity contribution in [3.63, 3.8) is 0 Å². The van der Waals surface area contributed by atoms with Gasteiger partial charge in [0, 0.05) is 17.3 Å². The maximum absolute atomic E-state index is 13.7. The number of para-hydroxylation sites is 1. The van der Waals surface area contributed by atoms with Crippen molar-refractivity contribution in [1.82, 2.24) is 14.5 Å². The van der Waals surface area contributed by atoms with Crippen LogP contribution in [0.2, 0.25) is 0 Å². The average Bonchev–Trinajstić information content (AvgIpc) is 2.78. The summed E-state index contributed by atoms with van der Waals surface area (Å²) in [6.45, 7) is 1.81. The first-order valence-electron chi connectivity index (χ1n) is 10.0. The Balaban J connectivity index is 1.98. The zero-order chi connectivity index (χ0) is 23.8. The van der Waals surface area contributed by atoms with Crippen molar-refractivity contribution in [1.29, 1.82) is 5.26 Å². The third-order valence-electron chi connectivity index (χ3n) is 5.47. The van der Waals surface area contributed by atoms with E-state index in [1.54, 1.807) is 36.4 Å². The predicted molar refractivity (Wildman–Crippen MR) is 118 cm³/mol. The molecular formula is C24H18F3N5O. The van der Waals surface area contributed by atoms with Gasteiger partial charge in [-0.05, 0) is 36.1 Å². The quantitative estimate of drug-likeness (QED) is 0.491. The first-order chi connectivity index (χ1) is 15.7. The highest BCUT2D eigenvalue weighted by atomic mass is 19.4. The van der Waals surface area contributed by atoms with E-state index >= 15 is 0 Å². The molecule has 0 aliphatic rings. The van der Waals surface area contributed by atoms with Crippen LogP contribution in [0.3, 0.4) is 0 Å². The number of halogens is 3. The van der Waals surface area contributed by atoms with Crippen LogP contribution in [0.25, 0.3) is 16.5 Å². The van der Waals surface area contributed by atoms with Crippen LogP contribution >= 0.6 is 0 Å². The first kappa shape index (κ1) is 22.0. The summed E-state index contributed by atoms with van der Waals surface area (Å²) in [4.78, 5) is 21.5. The molecule has 0 radical (unpaired) electrons. The number of nitriles is 1. The van der Waals surface area contributed by atoms with Crippen molar-refractivity contribution in [2.24, 2.45) is 0 Å². The molecule has 2 N–H and O–H groups in total. The molecule has 2 aromatic heterocycles. The summed E-state index contributed by atoms with van der Waals surface area (Å²) in [5.41, 5.74) is 5.49. The van der Waals surface area contributed by atoms with Crippen molar-refractivity contribution >= 4 is 16.6 Å². The maximum Gasteiger partial charge on any atom is 0.417 e. The van der Waals surface area contributed by atoms with Crippen LogP contribution < -0.4 is 11.3 Å². The summed E-state index contributed by atoms with van der Waals surface area (Å²) in [5.74, 6) is -0.346. The van der Waals surface area contributed by atoms with Gasteiger partial charge in [-0.25, -0.2) is 9.97 Å². The van der Waals surface area contributed by atoms with E-state index in [0.29, 0.717) is 17.1 Å². The lowest BCUT2D eigenvalue weighted by Gasteiger charge is -2.21. The van der Waals surface area contributed by atoms with Crippen LogP contribution in [0.4, 0.5) is 19.0 Å². The summed E-state index contributed by atoms with van der Waals surface area (Å²) in [6, 6.07) is 15.7. The number of hydrogen-bond donors (Lipinski definition) is 1. The second-order valence-corrected chi connectivity index (χ2v) is 7.61. The number of benzene rings is 2. The molecule has 0 spiro atoms. The smallest absolute Gasteiger partial charge is 0.382 e. The molecule has 0 saturated heterocycles. The fraction of sp³-hybridized carbons (Fsp3) is 0.167. The van der Waals surface area contributed by atoms with E-state index in [0.717, 1.165) is 6.07 Å². The summed E-state index contributed by atoms with van der Waals surface area (Å²) in [6.07, 6.45) is -3.20. The molecule has 2 aromatic carbocycles. The Kier molecular flexibility index (Phi) is 5.60. The van der Waals surface area contributed by atoms with E-state index in [1.165, 1.54) is 23.0 Å². The molecule has 6 nitrogen and oxygen atoms in total. The molecule has 2 heterocycles. The minimum Gasteiger partial charge on any atom is -0.382 e. The van der Waals surface area contributed by atoms with E-state index < -0.39 is 28.6 Å². The maximum atomic E-state index is 13.7. The zero-order valence-electron chi connectivity index (χ0n) is 17.5. The fourth-order valence-corrected chi connectivity index (χ4v) is 3.93. The summed E-state index contributed by atoms with van der Waals surface area (Å²) in [7, 11) is 0. The number of fused-ring (bicyclic) bond motifs is 1. The van der Waals surface area contributed by atoms with E-state index in [-0.39, 0.29) is 23.2 Å². The van der Waals surface area contributed by atoms with E-state index in [9.17, 15) is 23.2 Å². The molecule has 4 rings (SSSR count). The summed E-state index contributed by atoms with van der Waals surface area (Å²) in [5, 5.41) is 9.23. The number of aromatic nitrogens is 3. The highest BCUT2D eigenvalue weighted by molar-refractivity contribution is 5.86. The van der Waals surface area contributed by atoms with Gasteiger partial charge in [0.15, 0.2) is 0 Å². The van der Waals surface area contributed by atoms with Crippen molar-refractivity contribution in [3.8, 4) is 11.8 Å². The van der Waals surface area contributed by atoms with E-state index in [4.69, 9.17) is 5.73 Å². The molecule has 0 bridgehead atoms. The minimum atomic E-state index is -4.68. The van der Waals surface area contributed by atoms with Crippen LogP contribution in [-0.4, -0.2) is 14.5 Å². The summed E-state index contributed by atoms with van der Waals surface area (Å²) >= 11 is 0. The zero-order valence-corrected chi connectivity index (χ0v) is 17.5. The van der Waals surface area contributed by atoms with Crippen molar-refractivity contribution in [2.75, 3.05) is 5.73 Å². The molecule has 0 saturated carbocycles. The fourth-order valence-electron chi connectivity index (χ4n) is 3.93. The summed E-state index contributed by atoms with van der Waals surface area (Å²) < 4.78 is 42.4. The molecular weight excluding hydrogens is 431 g/mol. The Morgan fingerprint density at radius 1 is 1.12 bits per heavy atom. The van der Waals surface area contributed by atoms with Gasteiger partial charge >= 0.3 is 6.18 Å². The molecule has 0 aliphatic carbocycles. The van der Waals surface area contributed by atoms with Crippen molar-refractivity contribution in [3.05, 3.63) is 93.8 Å².